The number of amides is 4. The maximum absolute atomic E-state index is 14.2. The van der Waals surface area contributed by atoms with E-state index in [1.807, 2.05) is 48.5 Å². The summed E-state index contributed by atoms with van der Waals surface area (Å²) in [5.41, 5.74) is 3.03. The quantitative estimate of drug-likeness (QED) is 0.0612. The van der Waals surface area contributed by atoms with Crippen LogP contribution in [0.3, 0.4) is 0 Å². The summed E-state index contributed by atoms with van der Waals surface area (Å²) < 4.78 is 0. The number of nitrogens with zero attached hydrogens (tertiary/aromatic N) is 3. The minimum atomic E-state index is -1.07. The van der Waals surface area contributed by atoms with E-state index in [1.54, 1.807) is 36.5 Å². The van der Waals surface area contributed by atoms with Crippen LogP contribution in [-0.2, 0) is 44.9 Å². The Hall–Kier alpha value is -5.52. The number of benzene rings is 2. The molecule has 0 saturated heterocycles. The number of nitrogens with one attached hydrogen (secondary N) is 4. The SMILES string of the molecule is CCCCCCCCCCC(=O)N[C@@H](Cc1cnc[nH]1)C(=O)N[C@@H](Cc1ccccc1)C(=O)N[C@@H](Cc1ccc(O)cc1)C(=O)N(C)CCc1ccccn1. The zero-order valence-corrected chi connectivity index (χ0v) is 32.2. The van der Waals surface area contributed by atoms with Crippen LogP contribution in [0.1, 0.15) is 87.2 Å². The molecule has 3 atom stereocenters. The number of carbonyl (C=O) groups excluding carboxylic acids is 4. The molecule has 0 aliphatic rings. The molecule has 0 aliphatic carbocycles. The molecule has 0 fully saturated rings. The lowest BCUT2D eigenvalue weighted by atomic mass is 10.0. The first-order valence-corrected chi connectivity index (χ1v) is 19.6. The van der Waals surface area contributed by atoms with Crippen LogP contribution in [0.25, 0.3) is 0 Å². The van der Waals surface area contributed by atoms with Crippen LogP contribution < -0.4 is 16.0 Å². The minimum absolute atomic E-state index is 0.0864. The molecule has 0 spiro atoms. The maximum Gasteiger partial charge on any atom is 0.245 e. The number of hydrogen-bond donors (Lipinski definition) is 5. The number of aromatic amines is 1. The number of H-pyrrole nitrogens is 1. The van der Waals surface area contributed by atoms with E-state index in [0.29, 0.717) is 25.1 Å². The fourth-order valence-electron chi connectivity index (χ4n) is 6.39. The predicted molar refractivity (Wildman–Crippen MR) is 213 cm³/mol. The highest BCUT2D eigenvalue weighted by atomic mass is 16.3. The first-order chi connectivity index (χ1) is 26.7. The Morgan fingerprint density at radius 2 is 1.35 bits per heavy atom. The molecule has 12 nitrogen and oxygen atoms in total. The van der Waals surface area contributed by atoms with E-state index >= 15 is 0 Å². The lowest BCUT2D eigenvalue weighted by Crippen LogP contribution is -2.58. The molecule has 0 radical (unpaired) electrons. The molecule has 55 heavy (non-hydrogen) atoms. The fraction of sp³-hybridized carbons (Fsp3) is 0.442. The van der Waals surface area contributed by atoms with Crippen molar-refractivity contribution >= 4 is 23.6 Å². The first-order valence-electron chi connectivity index (χ1n) is 19.6. The summed E-state index contributed by atoms with van der Waals surface area (Å²) in [7, 11) is 1.68. The molecular weight excluding hydrogens is 695 g/mol. The van der Waals surface area contributed by atoms with Crippen molar-refractivity contribution in [1.29, 1.82) is 0 Å². The third kappa shape index (κ3) is 15.4. The van der Waals surface area contributed by atoms with E-state index in [9.17, 15) is 24.3 Å². The number of aromatic nitrogens is 3. The predicted octanol–water partition coefficient (Wildman–Crippen LogP) is 5.22. The van der Waals surface area contributed by atoms with Gasteiger partial charge < -0.3 is 30.9 Å². The van der Waals surface area contributed by atoms with E-state index in [2.05, 4.69) is 37.8 Å². The Morgan fingerprint density at radius 3 is 2.00 bits per heavy atom. The van der Waals surface area contributed by atoms with Crippen LogP contribution in [0.5, 0.6) is 5.75 Å². The Labute approximate surface area is 324 Å². The molecular formula is C43H57N7O5. The Kier molecular flexibility index (Phi) is 17.9. The second kappa shape index (κ2) is 23.3. The number of phenols is 1. The largest absolute Gasteiger partial charge is 0.508 e. The van der Waals surface area contributed by atoms with Gasteiger partial charge >= 0.3 is 0 Å². The monoisotopic (exact) mass is 751 g/mol. The van der Waals surface area contributed by atoms with Crippen molar-refractivity contribution in [2.45, 2.75) is 109 Å². The summed E-state index contributed by atoms with van der Waals surface area (Å²) in [5.74, 6) is -1.53. The van der Waals surface area contributed by atoms with Crippen LogP contribution in [0.4, 0.5) is 0 Å². The second-order valence-electron chi connectivity index (χ2n) is 14.1. The molecule has 12 heteroatoms. The van der Waals surface area contributed by atoms with Crippen molar-refractivity contribution in [1.82, 2.24) is 35.8 Å². The van der Waals surface area contributed by atoms with Gasteiger partial charge in [-0.15, -0.1) is 0 Å². The Bertz CT molecular complexity index is 1720. The number of rotatable bonds is 24. The Balaban J connectivity index is 1.48. The third-order valence-corrected chi connectivity index (χ3v) is 9.60. The molecule has 4 rings (SSSR count). The van der Waals surface area contributed by atoms with Gasteiger partial charge in [0.05, 0.1) is 6.33 Å². The van der Waals surface area contributed by atoms with Crippen molar-refractivity contribution < 1.29 is 24.3 Å². The Morgan fingerprint density at radius 1 is 0.727 bits per heavy atom. The van der Waals surface area contributed by atoms with Crippen LogP contribution >= 0.6 is 0 Å². The minimum Gasteiger partial charge on any atom is -0.508 e. The number of phenolic OH excluding ortho intramolecular Hbond substituents is 1. The molecule has 2 aromatic carbocycles. The summed E-state index contributed by atoms with van der Waals surface area (Å²) >= 11 is 0. The number of imidazole rings is 1. The highest BCUT2D eigenvalue weighted by molar-refractivity contribution is 5.94. The van der Waals surface area contributed by atoms with E-state index in [4.69, 9.17) is 0 Å². The average molecular weight is 752 g/mol. The fourth-order valence-corrected chi connectivity index (χ4v) is 6.39. The average Bonchev–Trinajstić information content (AvgIpc) is 3.71. The van der Waals surface area contributed by atoms with Gasteiger partial charge in [-0.25, -0.2) is 4.98 Å². The number of carbonyl (C=O) groups is 4. The maximum atomic E-state index is 14.2. The number of likely N-dealkylation sites (N-methyl/N-ethyl adjacent to an activating group) is 1. The molecule has 0 bridgehead atoms. The standard InChI is InChI=1S/C43H57N7O5/c1-3-4-5-6-7-8-9-13-19-40(52)47-38(29-35-30-44-31-46-35)42(54)48-37(27-32-16-11-10-12-17-32)41(53)49-39(28-33-20-22-36(51)23-21-33)43(55)50(2)26-24-34-18-14-15-25-45-34/h10-12,14-18,20-23,25,30-31,37-39,51H,3-9,13,19,24,26-29H2,1-2H3,(H,44,46)(H,47,52)(H,48,54)(H,49,53)/t37-,38-,39-/m0/s1. The molecule has 5 N–H and O–H groups in total. The van der Waals surface area contributed by atoms with Crippen molar-refractivity contribution in [2.75, 3.05) is 13.6 Å². The molecule has 2 heterocycles. The lowest BCUT2D eigenvalue weighted by Gasteiger charge is -2.28. The third-order valence-electron chi connectivity index (χ3n) is 9.60. The summed E-state index contributed by atoms with van der Waals surface area (Å²) in [5, 5.41) is 18.6. The van der Waals surface area contributed by atoms with Gasteiger partial charge in [-0.05, 0) is 41.8 Å². The zero-order valence-electron chi connectivity index (χ0n) is 32.2. The zero-order chi connectivity index (χ0) is 39.3. The molecule has 2 aromatic heterocycles. The van der Waals surface area contributed by atoms with Crippen LogP contribution in [0, 0.1) is 0 Å². The topological polar surface area (TPSA) is 169 Å². The summed E-state index contributed by atoms with van der Waals surface area (Å²) in [4.78, 5) is 68.4. The summed E-state index contributed by atoms with van der Waals surface area (Å²) in [6.07, 6.45) is 14.9. The van der Waals surface area contributed by atoms with Crippen LogP contribution in [0.2, 0.25) is 0 Å². The van der Waals surface area contributed by atoms with E-state index in [-0.39, 0.29) is 36.8 Å². The van der Waals surface area contributed by atoms with Gasteiger partial charge in [-0.2, -0.15) is 0 Å². The summed E-state index contributed by atoms with van der Waals surface area (Å²) in [6, 6.07) is 18.4. The number of hydrogen-bond acceptors (Lipinski definition) is 7. The number of aromatic hydroxyl groups is 1. The van der Waals surface area contributed by atoms with E-state index in [1.165, 1.54) is 44.1 Å². The van der Waals surface area contributed by atoms with Gasteiger partial charge in [0, 0.05) is 69.5 Å². The van der Waals surface area contributed by atoms with Crippen molar-refractivity contribution in [3.8, 4) is 5.75 Å². The lowest BCUT2D eigenvalue weighted by molar-refractivity contribution is -0.137. The van der Waals surface area contributed by atoms with E-state index in [0.717, 1.165) is 42.5 Å². The van der Waals surface area contributed by atoms with Crippen LogP contribution in [0.15, 0.2) is 91.5 Å². The van der Waals surface area contributed by atoms with Gasteiger partial charge in [0.15, 0.2) is 0 Å². The smallest absolute Gasteiger partial charge is 0.245 e. The molecule has 4 aromatic rings. The van der Waals surface area contributed by atoms with Crippen molar-refractivity contribution in [2.24, 2.45) is 0 Å². The molecule has 0 aliphatic heterocycles. The molecule has 0 unspecified atom stereocenters. The first kappa shape index (κ1) is 42.2. The van der Waals surface area contributed by atoms with Gasteiger partial charge in [-0.3, -0.25) is 24.2 Å². The number of unbranched alkanes of at least 4 members (excludes halogenated alkanes) is 7. The van der Waals surface area contributed by atoms with Gasteiger partial charge in [0.1, 0.15) is 23.9 Å². The molecule has 294 valence electrons. The normalized spacial score (nSPS) is 12.6. The summed E-state index contributed by atoms with van der Waals surface area (Å²) in [6.45, 7) is 2.57. The van der Waals surface area contributed by atoms with Crippen molar-refractivity contribution in [3.63, 3.8) is 0 Å². The number of pyridine rings is 1. The van der Waals surface area contributed by atoms with Gasteiger partial charge in [0.25, 0.3) is 0 Å². The van der Waals surface area contributed by atoms with Crippen LogP contribution in [-0.4, -0.2) is 80.3 Å². The van der Waals surface area contributed by atoms with Crippen molar-refractivity contribution in [3.05, 3.63) is 114 Å². The van der Waals surface area contributed by atoms with E-state index < -0.39 is 29.9 Å². The molecule has 0 saturated carbocycles. The highest BCUT2D eigenvalue weighted by Crippen LogP contribution is 2.14. The molecule has 4 amide bonds. The van der Waals surface area contributed by atoms with Gasteiger partial charge in [0.2, 0.25) is 23.6 Å². The second-order valence-corrected chi connectivity index (χ2v) is 14.1. The highest BCUT2D eigenvalue weighted by Gasteiger charge is 2.31. The van der Waals surface area contributed by atoms with Gasteiger partial charge in [-0.1, -0.05) is 100 Å².